The Morgan fingerprint density at radius 2 is 1.10 bits per heavy atom. The number of rotatable bonds is 8. The maximum Gasteiger partial charge on any atom is 0.340 e. The summed E-state index contributed by atoms with van der Waals surface area (Å²) >= 11 is 11.9. The van der Waals surface area contributed by atoms with Gasteiger partial charge in [-0.3, -0.25) is 0 Å². The van der Waals surface area contributed by atoms with Crippen LogP contribution in [0.1, 0.15) is 49.3 Å². The number of aryl methyl sites for hydroxylation is 2. The van der Waals surface area contributed by atoms with Crippen molar-refractivity contribution >= 4 is 53.3 Å². The molecule has 0 bridgehead atoms. The Hall–Kier alpha value is -5.43. The van der Waals surface area contributed by atoms with Gasteiger partial charge >= 0.3 is 17.9 Å². The fraction of sp³-hybridized carbons (Fsp3) is 0.0750. The molecule has 0 fully saturated rings. The molecule has 238 valence electrons. The molecule has 0 N–H and O–H groups in total. The van der Waals surface area contributed by atoms with Crippen molar-refractivity contribution < 1.29 is 28.6 Å². The van der Waals surface area contributed by atoms with Crippen LogP contribution in [0.2, 0.25) is 10.0 Å². The maximum atomic E-state index is 13.2. The number of benzene rings is 5. The first-order valence-corrected chi connectivity index (χ1v) is 15.7. The molecule has 0 radical (unpaired) electrons. The second-order valence-electron chi connectivity index (χ2n) is 11.2. The number of hydrogen-bond acceptors (Lipinski definition) is 6. The van der Waals surface area contributed by atoms with E-state index in [1.165, 1.54) is 12.2 Å². The van der Waals surface area contributed by atoms with Gasteiger partial charge in [0.2, 0.25) is 0 Å². The summed E-state index contributed by atoms with van der Waals surface area (Å²) in [5, 5.41) is 1.21. The van der Waals surface area contributed by atoms with Gasteiger partial charge in [-0.25, -0.2) is 14.4 Å². The number of carbonyl (C=O) groups excluding carboxylic acids is 3. The zero-order valence-electron chi connectivity index (χ0n) is 25.9. The topological polar surface area (TPSA) is 78.9 Å². The van der Waals surface area contributed by atoms with Gasteiger partial charge in [0, 0.05) is 38.9 Å². The highest BCUT2D eigenvalue weighted by Crippen LogP contribution is 2.48. The average Bonchev–Trinajstić information content (AvgIpc) is 3.39. The fourth-order valence-corrected chi connectivity index (χ4v) is 5.79. The van der Waals surface area contributed by atoms with Crippen molar-refractivity contribution in [3.63, 3.8) is 0 Å². The lowest BCUT2D eigenvalue weighted by Gasteiger charge is -2.31. The third-order valence-corrected chi connectivity index (χ3v) is 8.42. The zero-order valence-corrected chi connectivity index (χ0v) is 27.4. The molecule has 1 aliphatic rings. The molecule has 5 aromatic carbocycles. The first-order chi connectivity index (χ1) is 23.1. The van der Waals surface area contributed by atoms with E-state index in [1.54, 1.807) is 97.1 Å². The predicted molar refractivity (Wildman–Crippen MR) is 186 cm³/mol. The summed E-state index contributed by atoms with van der Waals surface area (Å²) in [6, 6.07) is 32.0. The van der Waals surface area contributed by atoms with Crippen LogP contribution in [0.25, 0.3) is 12.2 Å². The second kappa shape index (κ2) is 13.7. The molecule has 1 aliphatic heterocycles. The molecule has 0 aliphatic carbocycles. The molecule has 8 heteroatoms. The van der Waals surface area contributed by atoms with E-state index in [1.807, 2.05) is 38.1 Å². The predicted octanol–water partition coefficient (Wildman–Crippen LogP) is 9.31. The summed E-state index contributed by atoms with van der Waals surface area (Å²) in [6.45, 7) is 3.63. The van der Waals surface area contributed by atoms with Crippen molar-refractivity contribution in [3.05, 3.63) is 176 Å². The van der Waals surface area contributed by atoms with Crippen molar-refractivity contribution in [1.82, 2.24) is 0 Å². The van der Waals surface area contributed by atoms with Crippen molar-refractivity contribution in [2.45, 2.75) is 19.4 Å². The van der Waals surface area contributed by atoms with Gasteiger partial charge in [-0.15, -0.1) is 0 Å². The third kappa shape index (κ3) is 6.81. The summed E-state index contributed by atoms with van der Waals surface area (Å²) in [7, 11) is 0. The Balaban J connectivity index is 1.29. The van der Waals surface area contributed by atoms with Crippen molar-refractivity contribution in [2.24, 2.45) is 0 Å². The monoisotopic (exact) mass is 674 g/mol. The van der Waals surface area contributed by atoms with Gasteiger partial charge in [0.15, 0.2) is 5.60 Å². The van der Waals surface area contributed by atoms with Crippen LogP contribution in [0, 0.1) is 13.8 Å². The lowest BCUT2D eigenvalue weighted by Crippen LogP contribution is -2.30. The molecule has 0 amide bonds. The van der Waals surface area contributed by atoms with Gasteiger partial charge in [-0.2, -0.15) is 0 Å². The molecule has 0 spiro atoms. The largest absolute Gasteiger partial charge is 0.441 e. The number of ether oxygens (including phenoxy) is 3. The smallest absolute Gasteiger partial charge is 0.340 e. The summed E-state index contributed by atoms with van der Waals surface area (Å²) in [5.41, 5.74) is 4.05. The fourth-order valence-electron chi connectivity index (χ4n) is 5.54. The molecule has 0 saturated carbocycles. The summed E-state index contributed by atoms with van der Waals surface area (Å²) in [5.74, 6) is -0.829. The Morgan fingerprint density at radius 3 is 1.56 bits per heavy atom. The Bertz CT molecular complexity index is 1980. The molecule has 5 aromatic rings. The van der Waals surface area contributed by atoms with Crippen LogP contribution < -0.4 is 9.47 Å². The van der Waals surface area contributed by atoms with Gasteiger partial charge in [0.25, 0.3) is 0 Å². The van der Waals surface area contributed by atoms with Crippen LogP contribution in [0.3, 0.4) is 0 Å². The minimum absolute atomic E-state index is 0.363. The van der Waals surface area contributed by atoms with Crippen LogP contribution in [-0.2, 0) is 19.9 Å². The second-order valence-corrected chi connectivity index (χ2v) is 12.1. The third-order valence-electron chi connectivity index (χ3n) is 7.92. The molecule has 6 rings (SSSR count). The highest BCUT2D eigenvalue weighted by molar-refractivity contribution is 6.30. The quantitative estimate of drug-likeness (QED) is 0.0927. The van der Waals surface area contributed by atoms with Crippen LogP contribution in [-0.4, -0.2) is 17.9 Å². The van der Waals surface area contributed by atoms with Gasteiger partial charge in [0.05, 0.1) is 5.56 Å². The van der Waals surface area contributed by atoms with E-state index in [0.29, 0.717) is 54.9 Å². The molecule has 1 atom stereocenters. The van der Waals surface area contributed by atoms with E-state index in [4.69, 9.17) is 37.4 Å². The van der Waals surface area contributed by atoms with E-state index < -0.39 is 23.5 Å². The number of cyclic esters (lactones) is 1. The maximum absolute atomic E-state index is 13.2. The van der Waals surface area contributed by atoms with Gasteiger partial charge in [0.1, 0.15) is 11.5 Å². The van der Waals surface area contributed by atoms with E-state index in [9.17, 15) is 14.4 Å². The number of esters is 3. The highest BCUT2D eigenvalue weighted by atomic mass is 35.5. The zero-order chi connectivity index (χ0) is 33.8. The van der Waals surface area contributed by atoms with Gasteiger partial charge in [-0.1, -0.05) is 77.8 Å². The number of halogens is 2. The van der Waals surface area contributed by atoms with E-state index >= 15 is 0 Å². The minimum Gasteiger partial charge on any atom is -0.441 e. The molecular formula is C40H28Cl2O6. The molecule has 1 unspecified atom stereocenters. The lowest BCUT2D eigenvalue weighted by molar-refractivity contribution is -0.129. The Morgan fingerprint density at radius 1 is 0.646 bits per heavy atom. The molecule has 48 heavy (non-hydrogen) atoms. The first kappa shape index (κ1) is 32.5. The van der Waals surface area contributed by atoms with Crippen molar-refractivity contribution in [1.29, 1.82) is 0 Å². The standard InChI is InChI=1S/C40H28Cl2O6/c1-25-23-29(13-19-35(25)46-37(43)21-11-27-7-15-31(41)16-8-27)40(34-6-4-3-5-33(34)39(45)48-40)30-14-20-36(26(2)24-30)47-38(44)22-12-28-9-17-32(42)18-10-28/h3-24H,1-2H3/b21-11-,22-12+. The van der Waals surface area contributed by atoms with Crippen molar-refractivity contribution in [2.75, 3.05) is 0 Å². The summed E-state index contributed by atoms with van der Waals surface area (Å²) < 4.78 is 17.5. The van der Waals surface area contributed by atoms with Gasteiger partial charge < -0.3 is 14.2 Å². The van der Waals surface area contributed by atoms with E-state index in [2.05, 4.69) is 0 Å². The molecule has 6 nitrogen and oxygen atoms in total. The normalized spacial score (nSPS) is 15.4. The number of hydrogen-bond donors (Lipinski definition) is 0. The number of carbonyl (C=O) groups is 3. The van der Waals surface area contributed by atoms with Crippen LogP contribution in [0.5, 0.6) is 11.5 Å². The van der Waals surface area contributed by atoms with Crippen LogP contribution in [0.4, 0.5) is 0 Å². The molecule has 0 aromatic heterocycles. The summed E-state index contributed by atoms with van der Waals surface area (Å²) in [6.07, 6.45) is 5.98. The van der Waals surface area contributed by atoms with Crippen LogP contribution in [0.15, 0.2) is 121 Å². The minimum atomic E-state index is -1.31. The number of fused-ring (bicyclic) bond motifs is 1. The highest BCUT2D eigenvalue weighted by Gasteiger charge is 2.48. The Labute approximate surface area is 287 Å². The molecule has 0 saturated heterocycles. The Kier molecular flexibility index (Phi) is 9.30. The van der Waals surface area contributed by atoms with E-state index in [0.717, 1.165) is 11.1 Å². The molecular weight excluding hydrogens is 647 g/mol. The summed E-state index contributed by atoms with van der Waals surface area (Å²) in [4.78, 5) is 38.6. The lowest BCUT2D eigenvalue weighted by atomic mass is 9.79. The first-order valence-electron chi connectivity index (χ1n) is 15.0. The van der Waals surface area contributed by atoms with Crippen molar-refractivity contribution in [3.8, 4) is 11.5 Å². The van der Waals surface area contributed by atoms with E-state index in [-0.39, 0.29) is 0 Å². The van der Waals surface area contributed by atoms with Gasteiger partial charge in [-0.05, 0) is 103 Å². The SMILES string of the molecule is Cc1cc(C2(c3ccc(OC(=O)/C=C/c4ccc(Cl)cc4)c(C)c3)OC(=O)c3ccccc32)ccc1OC(=O)/C=C\c1ccc(Cl)cc1. The van der Waals surface area contributed by atoms with Crippen LogP contribution >= 0.6 is 23.2 Å². The molecule has 1 heterocycles. The average molecular weight is 676 g/mol.